The normalized spacial score (nSPS) is 13.6. The van der Waals surface area contributed by atoms with Crippen LogP contribution in [0.1, 0.15) is 36.4 Å². The molecule has 0 amide bonds. The van der Waals surface area contributed by atoms with E-state index in [0.29, 0.717) is 23.4 Å². The molecule has 0 bridgehead atoms. The van der Waals surface area contributed by atoms with Crippen LogP contribution in [-0.2, 0) is 10.5 Å². The Hall–Kier alpha value is -2.66. The standard InChI is InChI=1S/C19H20N2O3/c1-4-17(22)13-9-5-7-11-15(13)20-19(2,23-3)18-14-10-6-8-12-16(14)21-24-18/h5-12,20H,4H2,1-3H3/t19-/m1/s1. The zero-order valence-electron chi connectivity index (χ0n) is 14.0. The van der Waals surface area contributed by atoms with Crippen LogP contribution in [0.15, 0.2) is 53.1 Å². The highest BCUT2D eigenvalue weighted by molar-refractivity contribution is 6.01. The van der Waals surface area contributed by atoms with E-state index >= 15 is 0 Å². The summed E-state index contributed by atoms with van der Waals surface area (Å²) in [6.45, 7) is 3.70. The molecule has 3 rings (SSSR count). The van der Waals surface area contributed by atoms with Gasteiger partial charge in [-0.1, -0.05) is 36.3 Å². The van der Waals surface area contributed by atoms with E-state index in [1.165, 1.54) is 0 Å². The van der Waals surface area contributed by atoms with Gasteiger partial charge in [0, 0.05) is 30.2 Å². The molecule has 3 aromatic rings. The van der Waals surface area contributed by atoms with E-state index in [4.69, 9.17) is 9.26 Å². The van der Waals surface area contributed by atoms with E-state index in [0.717, 1.165) is 10.9 Å². The largest absolute Gasteiger partial charge is 0.355 e. The second kappa shape index (κ2) is 6.45. The molecule has 1 aromatic heterocycles. The molecule has 0 fully saturated rings. The minimum absolute atomic E-state index is 0.0685. The highest BCUT2D eigenvalue weighted by Crippen LogP contribution is 2.33. The number of fused-ring (bicyclic) bond motifs is 1. The van der Waals surface area contributed by atoms with Crippen LogP contribution in [0.4, 0.5) is 5.69 Å². The fourth-order valence-corrected chi connectivity index (χ4v) is 2.72. The minimum Gasteiger partial charge on any atom is -0.355 e. The molecule has 0 saturated heterocycles. The molecule has 0 aliphatic heterocycles. The van der Waals surface area contributed by atoms with E-state index < -0.39 is 5.72 Å². The van der Waals surface area contributed by atoms with Gasteiger partial charge in [-0.25, -0.2) is 0 Å². The number of aromatic nitrogens is 1. The molecular weight excluding hydrogens is 304 g/mol. The number of nitrogens with zero attached hydrogens (tertiary/aromatic N) is 1. The predicted octanol–water partition coefficient (Wildman–Crippen LogP) is 4.35. The maximum Gasteiger partial charge on any atom is 0.198 e. The van der Waals surface area contributed by atoms with Crippen molar-refractivity contribution in [2.24, 2.45) is 0 Å². The first-order chi connectivity index (χ1) is 11.6. The van der Waals surface area contributed by atoms with Gasteiger partial charge < -0.3 is 14.6 Å². The first-order valence-corrected chi connectivity index (χ1v) is 7.89. The summed E-state index contributed by atoms with van der Waals surface area (Å²) in [5.74, 6) is 0.637. The number of methoxy groups -OCH3 is 1. The first-order valence-electron chi connectivity index (χ1n) is 7.89. The third-order valence-electron chi connectivity index (χ3n) is 4.15. The van der Waals surface area contributed by atoms with Crippen molar-refractivity contribution in [2.75, 3.05) is 12.4 Å². The second-order valence-electron chi connectivity index (χ2n) is 5.71. The Morgan fingerprint density at radius 3 is 2.67 bits per heavy atom. The number of rotatable bonds is 6. The number of Topliss-reactive ketones (excluding diaryl/α,β-unsaturated/α-hetero) is 1. The Bertz CT molecular complexity index is 872. The van der Waals surface area contributed by atoms with Crippen molar-refractivity contribution >= 4 is 22.4 Å². The summed E-state index contributed by atoms with van der Waals surface area (Å²) in [4.78, 5) is 12.2. The number of nitrogens with one attached hydrogen (secondary N) is 1. The Balaban J connectivity index is 2.05. The number of benzene rings is 2. The number of hydrogen-bond acceptors (Lipinski definition) is 5. The number of hydrogen-bond donors (Lipinski definition) is 1. The fourth-order valence-electron chi connectivity index (χ4n) is 2.72. The van der Waals surface area contributed by atoms with E-state index in [1.54, 1.807) is 7.11 Å². The van der Waals surface area contributed by atoms with Crippen LogP contribution in [0.3, 0.4) is 0 Å². The summed E-state index contributed by atoms with van der Waals surface area (Å²) in [5.41, 5.74) is 1.14. The molecule has 0 spiro atoms. The van der Waals surface area contributed by atoms with Gasteiger partial charge >= 0.3 is 0 Å². The molecule has 0 aliphatic carbocycles. The number of ketones is 1. The van der Waals surface area contributed by atoms with Crippen molar-refractivity contribution in [3.8, 4) is 0 Å². The summed E-state index contributed by atoms with van der Waals surface area (Å²) in [6, 6.07) is 15.0. The van der Waals surface area contributed by atoms with Crippen LogP contribution in [0.2, 0.25) is 0 Å². The van der Waals surface area contributed by atoms with E-state index in [2.05, 4.69) is 10.5 Å². The maximum atomic E-state index is 12.2. The van der Waals surface area contributed by atoms with Gasteiger partial charge in [-0.15, -0.1) is 0 Å². The molecule has 0 saturated carbocycles. The molecule has 0 aliphatic rings. The molecule has 5 nitrogen and oxygen atoms in total. The molecule has 2 aromatic carbocycles. The Labute approximate surface area is 140 Å². The molecule has 24 heavy (non-hydrogen) atoms. The minimum atomic E-state index is -0.958. The number of para-hydroxylation sites is 1. The Morgan fingerprint density at radius 2 is 1.92 bits per heavy atom. The quantitative estimate of drug-likeness (QED) is 0.539. The van der Waals surface area contributed by atoms with Gasteiger partial charge in [0.05, 0.1) is 0 Å². The van der Waals surface area contributed by atoms with Crippen LogP contribution in [0.5, 0.6) is 0 Å². The average molecular weight is 324 g/mol. The van der Waals surface area contributed by atoms with Gasteiger partial charge in [0.2, 0.25) is 0 Å². The van der Waals surface area contributed by atoms with Crippen molar-refractivity contribution in [2.45, 2.75) is 26.0 Å². The lowest BCUT2D eigenvalue weighted by Gasteiger charge is -2.29. The van der Waals surface area contributed by atoms with E-state index in [-0.39, 0.29) is 5.78 Å². The fraction of sp³-hybridized carbons (Fsp3) is 0.263. The number of ether oxygens (including phenoxy) is 1. The number of anilines is 1. The van der Waals surface area contributed by atoms with Gasteiger partial charge in [-0.2, -0.15) is 0 Å². The lowest BCUT2D eigenvalue weighted by atomic mass is 10.0. The Kier molecular flexibility index (Phi) is 4.36. The summed E-state index contributed by atoms with van der Waals surface area (Å²) >= 11 is 0. The van der Waals surface area contributed by atoms with Crippen LogP contribution >= 0.6 is 0 Å². The molecule has 1 N–H and O–H groups in total. The third kappa shape index (κ3) is 2.78. The molecule has 5 heteroatoms. The van der Waals surface area contributed by atoms with E-state index in [1.807, 2.05) is 62.4 Å². The summed E-state index contributed by atoms with van der Waals surface area (Å²) in [5, 5.41) is 8.26. The summed E-state index contributed by atoms with van der Waals surface area (Å²) in [6.07, 6.45) is 0.438. The summed E-state index contributed by atoms with van der Waals surface area (Å²) < 4.78 is 11.3. The zero-order chi connectivity index (χ0) is 17.2. The van der Waals surface area contributed by atoms with Gasteiger partial charge in [0.25, 0.3) is 0 Å². The zero-order valence-corrected chi connectivity index (χ0v) is 14.0. The third-order valence-corrected chi connectivity index (χ3v) is 4.15. The highest BCUT2D eigenvalue weighted by atomic mass is 16.5. The molecule has 1 heterocycles. The van der Waals surface area contributed by atoms with Gasteiger partial charge in [-0.05, 0) is 31.2 Å². The molecule has 0 radical (unpaired) electrons. The van der Waals surface area contributed by atoms with Crippen LogP contribution in [-0.4, -0.2) is 18.0 Å². The smallest absolute Gasteiger partial charge is 0.198 e. The average Bonchev–Trinajstić information content (AvgIpc) is 3.06. The number of carbonyl (C=O) groups excluding carboxylic acids is 1. The van der Waals surface area contributed by atoms with Crippen molar-refractivity contribution in [1.29, 1.82) is 0 Å². The lowest BCUT2D eigenvalue weighted by molar-refractivity contribution is 0.00640. The van der Waals surface area contributed by atoms with Crippen molar-refractivity contribution in [3.63, 3.8) is 0 Å². The van der Waals surface area contributed by atoms with Crippen molar-refractivity contribution in [1.82, 2.24) is 5.16 Å². The predicted molar refractivity (Wildman–Crippen MR) is 93.1 cm³/mol. The van der Waals surface area contributed by atoms with Crippen LogP contribution in [0.25, 0.3) is 10.9 Å². The van der Waals surface area contributed by atoms with Gasteiger partial charge in [0.15, 0.2) is 17.3 Å². The molecule has 0 unspecified atom stereocenters. The molecule has 124 valence electrons. The second-order valence-corrected chi connectivity index (χ2v) is 5.71. The van der Waals surface area contributed by atoms with E-state index in [9.17, 15) is 4.79 Å². The van der Waals surface area contributed by atoms with Gasteiger partial charge in [-0.3, -0.25) is 4.79 Å². The van der Waals surface area contributed by atoms with Crippen LogP contribution in [0, 0.1) is 0 Å². The van der Waals surface area contributed by atoms with Crippen molar-refractivity contribution in [3.05, 3.63) is 59.9 Å². The lowest BCUT2D eigenvalue weighted by Crippen LogP contribution is -2.34. The maximum absolute atomic E-state index is 12.2. The van der Waals surface area contributed by atoms with Gasteiger partial charge in [0.1, 0.15) is 5.52 Å². The SMILES string of the molecule is CCC(=O)c1ccccc1N[C@](C)(OC)c1onc2ccccc12. The summed E-state index contributed by atoms with van der Waals surface area (Å²) in [7, 11) is 1.59. The van der Waals surface area contributed by atoms with Crippen molar-refractivity contribution < 1.29 is 14.1 Å². The topological polar surface area (TPSA) is 64.4 Å². The first kappa shape index (κ1) is 16.2. The van der Waals surface area contributed by atoms with Crippen LogP contribution < -0.4 is 5.32 Å². The molecule has 1 atom stereocenters. The number of carbonyl (C=O) groups is 1. The monoisotopic (exact) mass is 324 g/mol. The molecular formula is C19H20N2O3. The highest BCUT2D eigenvalue weighted by Gasteiger charge is 2.33. The Morgan fingerprint density at radius 1 is 1.21 bits per heavy atom.